The SMILES string of the molecule is Cc1noc(C)c1CNc1ccccc1S(N)(=O)=O. The third kappa shape index (κ3) is 2.94. The number of para-hydroxylation sites is 1. The Bertz CT molecular complexity index is 672. The van der Waals surface area contributed by atoms with Gasteiger partial charge in [-0.3, -0.25) is 0 Å². The lowest BCUT2D eigenvalue weighted by molar-refractivity contribution is 0.392. The van der Waals surface area contributed by atoms with E-state index in [0.29, 0.717) is 18.0 Å². The van der Waals surface area contributed by atoms with E-state index in [2.05, 4.69) is 10.5 Å². The normalized spacial score (nSPS) is 11.5. The number of hydrogen-bond acceptors (Lipinski definition) is 5. The smallest absolute Gasteiger partial charge is 0.240 e. The fourth-order valence-electron chi connectivity index (χ4n) is 1.80. The molecule has 2 aromatic rings. The predicted octanol–water partition coefficient (Wildman–Crippen LogP) is 1.55. The molecule has 0 aliphatic heterocycles. The molecule has 7 heteroatoms. The maximum absolute atomic E-state index is 11.5. The van der Waals surface area contributed by atoms with E-state index in [9.17, 15) is 8.42 Å². The molecular weight excluding hydrogens is 266 g/mol. The first kappa shape index (κ1) is 13.6. The molecular formula is C12H15N3O3S. The number of rotatable bonds is 4. The van der Waals surface area contributed by atoms with Crippen molar-refractivity contribution in [2.24, 2.45) is 5.14 Å². The molecule has 0 saturated carbocycles. The molecule has 102 valence electrons. The van der Waals surface area contributed by atoms with Gasteiger partial charge in [0.2, 0.25) is 10.0 Å². The molecule has 1 aromatic carbocycles. The summed E-state index contributed by atoms with van der Waals surface area (Å²) in [4.78, 5) is 0.0711. The van der Waals surface area contributed by atoms with Crippen molar-refractivity contribution >= 4 is 15.7 Å². The van der Waals surface area contributed by atoms with Crippen LogP contribution >= 0.6 is 0 Å². The highest BCUT2D eigenvalue weighted by Crippen LogP contribution is 2.21. The van der Waals surface area contributed by atoms with Crippen molar-refractivity contribution in [2.45, 2.75) is 25.3 Å². The van der Waals surface area contributed by atoms with Crippen LogP contribution in [0.15, 0.2) is 33.7 Å². The van der Waals surface area contributed by atoms with Gasteiger partial charge in [-0.05, 0) is 26.0 Å². The summed E-state index contributed by atoms with van der Waals surface area (Å²) in [5, 5.41) is 12.1. The summed E-state index contributed by atoms with van der Waals surface area (Å²) in [6.45, 7) is 4.06. The zero-order valence-corrected chi connectivity index (χ0v) is 11.5. The Hall–Kier alpha value is -1.86. The molecule has 1 heterocycles. The van der Waals surface area contributed by atoms with E-state index in [4.69, 9.17) is 9.66 Å². The zero-order chi connectivity index (χ0) is 14.0. The van der Waals surface area contributed by atoms with Gasteiger partial charge in [-0.15, -0.1) is 0 Å². The van der Waals surface area contributed by atoms with Gasteiger partial charge in [0.15, 0.2) is 0 Å². The van der Waals surface area contributed by atoms with Crippen molar-refractivity contribution in [1.82, 2.24) is 5.16 Å². The van der Waals surface area contributed by atoms with E-state index >= 15 is 0 Å². The maximum Gasteiger partial charge on any atom is 0.240 e. The number of primary sulfonamides is 1. The quantitative estimate of drug-likeness (QED) is 0.886. The highest BCUT2D eigenvalue weighted by Gasteiger charge is 2.14. The Balaban J connectivity index is 2.26. The van der Waals surface area contributed by atoms with Crippen LogP contribution in [0.3, 0.4) is 0 Å². The van der Waals surface area contributed by atoms with Crippen LogP contribution in [0.5, 0.6) is 0 Å². The standard InChI is InChI=1S/C12H15N3O3S/c1-8-10(9(2)18-15-8)7-14-11-5-3-4-6-12(11)19(13,16)17/h3-6,14H,7H2,1-2H3,(H2,13,16,17). The molecule has 19 heavy (non-hydrogen) atoms. The average molecular weight is 281 g/mol. The van der Waals surface area contributed by atoms with Crippen LogP contribution in [0, 0.1) is 13.8 Å². The molecule has 1 aromatic heterocycles. The number of nitrogens with two attached hydrogens (primary N) is 1. The van der Waals surface area contributed by atoms with E-state index in [1.165, 1.54) is 6.07 Å². The van der Waals surface area contributed by atoms with Gasteiger partial charge in [-0.2, -0.15) is 0 Å². The summed E-state index contributed by atoms with van der Waals surface area (Å²) < 4.78 is 28.0. The molecule has 0 amide bonds. The Morgan fingerprint density at radius 1 is 1.32 bits per heavy atom. The number of aromatic nitrogens is 1. The third-order valence-corrected chi connectivity index (χ3v) is 3.80. The Morgan fingerprint density at radius 2 is 2.00 bits per heavy atom. The number of aryl methyl sites for hydroxylation is 2. The van der Waals surface area contributed by atoms with Crippen molar-refractivity contribution in [3.05, 3.63) is 41.3 Å². The van der Waals surface area contributed by atoms with Crippen LogP contribution in [0.4, 0.5) is 5.69 Å². The van der Waals surface area contributed by atoms with Crippen molar-refractivity contribution in [3.63, 3.8) is 0 Å². The molecule has 0 saturated heterocycles. The molecule has 3 N–H and O–H groups in total. The molecule has 0 fully saturated rings. The second-order valence-corrected chi connectivity index (χ2v) is 5.73. The second kappa shape index (κ2) is 5.02. The van der Waals surface area contributed by atoms with Crippen LogP contribution in [0.2, 0.25) is 0 Å². The first-order valence-electron chi connectivity index (χ1n) is 5.67. The van der Waals surface area contributed by atoms with Crippen molar-refractivity contribution in [2.75, 3.05) is 5.32 Å². The predicted molar refractivity (Wildman–Crippen MR) is 71.1 cm³/mol. The van der Waals surface area contributed by atoms with Crippen LogP contribution in [0.1, 0.15) is 17.0 Å². The van der Waals surface area contributed by atoms with Gasteiger partial charge >= 0.3 is 0 Å². The Labute approximate surface area is 111 Å². The average Bonchev–Trinajstić information content (AvgIpc) is 2.66. The van der Waals surface area contributed by atoms with Gasteiger partial charge in [0.25, 0.3) is 0 Å². The molecule has 0 bridgehead atoms. The molecule has 0 atom stereocenters. The summed E-state index contributed by atoms with van der Waals surface area (Å²) in [5.74, 6) is 0.707. The van der Waals surface area contributed by atoms with Crippen LogP contribution in [0.25, 0.3) is 0 Å². The number of sulfonamides is 1. The number of anilines is 1. The fourth-order valence-corrected chi connectivity index (χ4v) is 2.51. The van der Waals surface area contributed by atoms with E-state index < -0.39 is 10.0 Å². The zero-order valence-electron chi connectivity index (χ0n) is 10.7. The molecule has 0 aliphatic rings. The van der Waals surface area contributed by atoms with Crippen molar-refractivity contribution in [1.29, 1.82) is 0 Å². The lowest BCUT2D eigenvalue weighted by Crippen LogP contribution is -2.15. The molecule has 2 rings (SSSR count). The minimum atomic E-state index is -3.75. The van der Waals surface area contributed by atoms with Gasteiger partial charge in [0.05, 0.1) is 11.4 Å². The third-order valence-electron chi connectivity index (χ3n) is 2.83. The van der Waals surface area contributed by atoms with Crippen LogP contribution in [-0.4, -0.2) is 13.6 Å². The first-order chi connectivity index (χ1) is 8.89. The van der Waals surface area contributed by atoms with Crippen LogP contribution in [-0.2, 0) is 16.6 Å². The number of benzene rings is 1. The largest absolute Gasteiger partial charge is 0.380 e. The topological polar surface area (TPSA) is 98.2 Å². The second-order valence-electron chi connectivity index (χ2n) is 4.20. The summed E-state index contributed by atoms with van der Waals surface area (Å²) >= 11 is 0. The maximum atomic E-state index is 11.5. The summed E-state index contributed by atoms with van der Waals surface area (Å²) in [5.41, 5.74) is 2.15. The molecule has 0 spiro atoms. The minimum Gasteiger partial charge on any atom is -0.380 e. The summed E-state index contributed by atoms with van der Waals surface area (Å²) in [7, 11) is -3.75. The van der Waals surface area contributed by atoms with Gasteiger partial charge in [0, 0.05) is 12.1 Å². The highest BCUT2D eigenvalue weighted by molar-refractivity contribution is 7.89. The Morgan fingerprint density at radius 3 is 2.58 bits per heavy atom. The van der Waals surface area contributed by atoms with Gasteiger partial charge < -0.3 is 9.84 Å². The number of nitrogens with zero attached hydrogens (tertiary/aromatic N) is 1. The van der Waals surface area contributed by atoms with Crippen LogP contribution < -0.4 is 10.5 Å². The lowest BCUT2D eigenvalue weighted by Gasteiger charge is -2.10. The number of hydrogen-bond donors (Lipinski definition) is 2. The molecule has 0 unspecified atom stereocenters. The summed E-state index contributed by atoms with van der Waals surface area (Å²) in [6, 6.07) is 6.49. The van der Waals surface area contributed by atoms with Gasteiger partial charge in [-0.1, -0.05) is 17.3 Å². The van der Waals surface area contributed by atoms with Crippen molar-refractivity contribution in [3.8, 4) is 0 Å². The minimum absolute atomic E-state index is 0.0711. The monoisotopic (exact) mass is 281 g/mol. The highest BCUT2D eigenvalue weighted by atomic mass is 32.2. The van der Waals surface area contributed by atoms with E-state index in [1.807, 2.05) is 13.8 Å². The van der Waals surface area contributed by atoms with E-state index in [-0.39, 0.29) is 4.90 Å². The van der Waals surface area contributed by atoms with Gasteiger partial charge in [-0.25, -0.2) is 13.6 Å². The van der Waals surface area contributed by atoms with E-state index in [1.54, 1.807) is 18.2 Å². The molecule has 0 aliphatic carbocycles. The Kier molecular flexibility index (Phi) is 3.59. The fraction of sp³-hybridized carbons (Fsp3) is 0.250. The lowest BCUT2D eigenvalue weighted by atomic mass is 10.2. The number of nitrogens with one attached hydrogen (secondary N) is 1. The van der Waals surface area contributed by atoms with Crippen molar-refractivity contribution < 1.29 is 12.9 Å². The van der Waals surface area contributed by atoms with E-state index in [0.717, 1.165) is 11.3 Å². The molecule has 6 nitrogen and oxygen atoms in total. The van der Waals surface area contributed by atoms with Gasteiger partial charge in [0.1, 0.15) is 10.7 Å². The molecule has 0 radical (unpaired) electrons. The first-order valence-corrected chi connectivity index (χ1v) is 7.21. The summed E-state index contributed by atoms with van der Waals surface area (Å²) in [6.07, 6.45) is 0.